The summed E-state index contributed by atoms with van der Waals surface area (Å²) in [6, 6.07) is 9.64. The second-order valence-electron chi connectivity index (χ2n) is 5.67. The van der Waals surface area contributed by atoms with Crippen LogP contribution in [0.1, 0.15) is 26.6 Å². The van der Waals surface area contributed by atoms with Gasteiger partial charge in [-0.05, 0) is 24.6 Å². The van der Waals surface area contributed by atoms with E-state index in [1.165, 1.54) is 11.3 Å². The van der Waals surface area contributed by atoms with Crippen LogP contribution in [0.5, 0.6) is 5.88 Å². The molecule has 0 atom stereocenters. The lowest BCUT2D eigenvalue weighted by Gasteiger charge is -2.05. The van der Waals surface area contributed by atoms with Gasteiger partial charge in [0.2, 0.25) is 5.88 Å². The number of rotatable bonds is 5. The minimum Gasteiger partial charge on any atom is -0.480 e. The van der Waals surface area contributed by atoms with Crippen LogP contribution in [0.2, 0.25) is 0 Å². The molecule has 0 saturated heterocycles. The van der Waals surface area contributed by atoms with Crippen molar-refractivity contribution in [3.05, 3.63) is 52.2 Å². The number of hydrogen-bond donors (Lipinski definition) is 1. The Kier molecular flexibility index (Phi) is 6.01. The van der Waals surface area contributed by atoms with Crippen LogP contribution >= 0.6 is 11.3 Å². The maximum Gasteiger partial charge on any atom is 0.262 e. The van der Waals surface area contributed by atoms with E-state index in [1.807, 2.05) is 37.3 Å². The average molecular weight is 381 g/mol. The largest absolute Gasteiger partial charge is 0.480 e. The van der Waals surface area contributed by atoms with E-state index in [0.717, 1.165) is 16.5 Å². The van der Waals surface area contributed by atoms with E-state index in [4.69, 9.17) is 9.47 Å². The molecule has 138 valence electrons. The molecule has 0 radical (unpaired) electrons. The standard InChI is InChI=1S/C20H19N3O3S/c1-13-16-19(26-3)22-15(12-25-2)23-20(16)27-17(13)18(24)21-11-7-10-14-8-5-4-6-9-14/h4-6,8-9H,11-12H2,1-3H3,(H,21,24). The molecule has 0 saturated carbocycles. The number of amides is 1. The molecular weight excluding hydrogens is 362 g/mol. The molecule has 0 bridgehead atoms. The summed E-state index contributed by atoms with van der Waals surface area (Å²) in [4.78, 5) is 22.7. The van der Waals surface area contributed by atoms with Crippen molar-refractivity contribution in [3.63, 3.8) is 0 Å². The fourth-order valence-corrected chi connectivity index (χ4v) is 3.68. The maximum absolute atomic E-state index is 12.6. The molecule has 1 aromatic carbocycles. The van der Waals surface area contributed by atoms with Crippen molar-refractivity contribution >= 4 is 27.5 Å². The van der Waals surface area contributed by atoms with Gasteiger partial charge in [0.1, 0.15) is 11.4 Å². The summed E-state index contributed by atoms with van der Waals surface area (Å²) in [7, 11) is 3.13. The van der Waals surface area contributed by atoms with Crippen molar-refractivity contribution in [1.29, 1.82) is 0 Å². The monoisotopic (exact) mass is 381 g/mol. The molecule has 2 aromatic heterocycles. The van der Waals surface area contributed by atoms with Crippen LogP contribution in [-0.2, 0) is 11.3 Å². The van der Waals surface area contributed by atoms with Crippen molar-refractivity contribution < 1.29 is 14.3 Å². The van der Waals surface area contributed by atoms with Crippen LogP contribution in [0.15, 0.2) is 30.3 Å². The average Bonchev–Trinajstić information content (AvgIpc) is 3.02. The first-order valence-electron chi connectivity index (χ1n) is 8.29. The Labute approximate surface area is 161 Å². The van der Waals surface area contributed by atoms with E-state index >= 15 is 0 Å². The summed E-state index contributed by atoms with van der Waals surface area (Å²) >= 11 is 1.31. The van der Waals surface area contributed by atoms with E-state index < -0.39 is 0 Å². The molecule has 0 spiro atoms. The highest BCUT2D eigenvalue weighted by atomic mass is 32.1. The third-order valence-electron chi connectivity index (χ3n) is 3.82. The molecule has 1 N–H and O–H groups in total. The molecule has 6 nitrogen and oxygen atoms in total. The minimum absolute atomic E-state index is 0.187. The van der Waals surface area contributed by atoms with Gasteiger partial charge < -0.3 is 14.8 Å². The smallest absolute Gasteiger partial charge is 0.262 e. The van der Waals surface area contributed by atoms with E-state index in [-0.39, 0.29) is 19.1 Å². The lowest BCUT2D eigenvalue weighted by Crippen LogP contribution is -2.23. The minimum atomic E-state index is -0.187. The van der Waals surface area contributed by atoms with E-state index in [9.17, 15) is 4.79 Å². The second kappa shape index (κ2) is 8.62. The fourth-order valence-electron chi connectivity index (χ4n) is 2.57. The molecular formula is C20H19N3O3S. The highest BCUT2D eigenvalue weighted by Gasteiger charge is 2.20. The Morgan fingerprint density at radius 1 is 1.22 bits per heavy atom. The van der Waals surface area contributed by atoms with Crippen LogP contribution < -0.4 is 10.1 Å². The first-order chi connectivity index (χ1) is 13.1. The molecule has 3 rings (SSSR count). The number of carbonyl (C=O) groups is 1. The summed E-state index contributed by atoms with van der Waals surface area (Å²) in [5, 5.41) is 3.59. The summed E-state index contributed by atoms with van der Waals surface area (Å²) in [5.74, 6) is 6.75. The third-order valence-corrected chi connectivity index (χ3v) is 5.00. The van der Waals surface area contributed by atoms with Crippen molar-refractivity contribution in [2.75, 3.05) is 20.8 Å². The van der Waals surface area contributed by atoms with Gasteiger partial charge in [-0.1, -0.05) is 30.0 Å². The normalized spacial score (nSPS) is 10.3. The number of carbonyl (C=O) groups excluding carboxylic acids is 1. The van der Waals surface area contributed by atoms with Gasteiger partial charge in [-0.25, -0.2) is 4.98 Å². The highest BCUT2D eigenvalue weighted by Crippen LogP contribution is 2.34. The Morgan fingerprint density at radius 3 is 2.70 bits per heavy atom. The number of hydrogen-bond acceptors (Lipinski definition) is 6. The van der Waals surface area contributed by atoms with Crippen LogP contribution in [0.3, 0.4) is 0 Å². The van der Waals surface area contributed by atoms with Gasteiger partial charge in [0, 0.05) is 12.7 Å². The molecule has 0 unspecified atom stereocenters. The zero-order valence-electron chi connectivity index (χ0n) is 15.3. The van der Waals surface area contributed by atoms with Gasteiger partial charge in [-0.2, -0.15) is 4.98 Å². The molecule has 0 aliphatic heterocycles. The lowest BCUT2D eigenvalue weighted by atomic mass is 10.2. The topological polar surface area (TPSA) is 73.3 Å². The summed E-state index contributed by atoms with van der Waals surface area (Å²) in [5.41, 5.74) is 1.71. The number of ether oxygens (including phenoxy) is 2. The molecule has 3 aromatic rings. The quantitative estimate of drug-likeness (QED) is 0.688. The van der Waals surface area contributed by atoms with E-state index in [0.29, 0.717) is 21.4 Å². The van der Waals surface area contributed by atoms with Gasteiger partial charge >= 0.3 is 0 Å². The van der Waals surface area contributed by atoms with Gasteiger partial charge in [-0.15, -0.1) is 11.3 Å². The number of aromatic nitrogens is 2. The zero-order valence-corrected chi connectivity index (χ0v) is 16.1. The lowest BCUT2D eigenvalue weighted by molar-refractivity contribution is 0.0962. The SMILES string of the molecule is COCc1nc(OC)c2c(C)c(C(=O)NCC#Cc3ccccc3)sc2n1. The summed E-state index contributed by atoms with van der Waals surface area (Å²) in [6.45, 7) is 2.41. The van der Waals surface area contributed by atoms with Gasteiger partial charge in [0.05, 0.1) is 23.9 Å². The predicted octanol–water partition coefficient (Wildman–Crippen LogP) is 2.94. The molecule has 0 fully saturated rings. The van der Waals surface area contributed by atoms with Crippen molar-refractivity contribution in [2.24, 2.45) is 0 Å². The van der Waals surface area contributed by atoms with Gasteiger partial charge in [0.25, 0.3) is 5.91 Å². The Hall–Kier alpha value is -2.95. The Bertz CT molecular complexity index is 1020. The number of benzene rings is 1. The first-order valence-corrected chi connectivity index (χ1v) is 9.10. The van der Waals surface area contributed by atoms with Crippen LogP contribution in [-0.4, -0.2) is 36.6 Å². The first kappa shape index (κ1) is 18.8. The number of aryl methyl sites for hydroxylation is 1. The molecule has 0 aliphatic rings. The fraction of sp³-hybridized carbons (Fsp3) is 0.250. The zero-order chi connectivity index (χ0) is 19.2. The molecule has 1 amide bonds. The van der Waals surface area contributed by atoms with Crippen molar-refractivity contribution in [1.82, 2.24) is 15.3 Å². The number of nitrogens with zero attached hydrogens (tertiary/aromatic N) is 2. The summed E-state index contributed by atoms with van der Waals surface area (Å²) < 4.78 is 10.5. The highest BCUT2D eigenvalue weighted by molar-refractivity contribution is 7.20. The van der Waals surface area contributed by atoms with Gasteiger partial charge in [0.15, 0.2) is 5.82 Å². The third kappa shape index (κ3) is 4.25. The molecule has 0 aliphatic carbocycles. The van der Waals surface area contributed by atoms with Gasteiger partial charge in [-0.3, -0.25) is 4.79 Å². The Morgan fingerprint density at radius 2 is 2.00 bits per heavy atom. The van der Waals surface area contributed by atoms with E-state index in [2.05, 4.69) is 27.1 Å². The molecule has 7 heteroatoms. The molecule has 2 heterocycles. The predicted molar refractivity (Wildman–Crippen MR) is 105 cm³/mol. The maximum atomic E-state index is 12.6. The number of fused-ring (bicyclic) bond motifs is 1. The molecule has 27 heavy (non-hydrogen) atoms. The van der Waals surface area contributed by atoms with Crippen LogP contribution in [0, 0.1) is 18.8 Å². The number of methoxy groups -OCH3 is 2. The second-order valence-corrected chi connectivity index (χ2v) is 6.67. The summed E-state index contributed by atoms with van der Waals surface area (Å²) in [6.07, 6.45) is 0. The van der Waals surface area contributed by atoms with Crippen LogP contribution in [0.25, 0.3) is 10.2 Å². The van der Waals surface area contributed by atoms with Crippen molar-refractivity contribution in [2.45, 2.75) is 13.5 Å². The van der Waals surface area contributed by atoms with Crippen LogP contribution in [0.4, 0.5) is 0 Å². The van der Waals surface area contributed by atoms with Crippen molar-refractivity contribution in [3.8, 4) is 17.7 Å². The van der Waals surface area contributed by atoms with E-state index in [1.54, 1.807) is 14.2 Å². The Balaban J connectivity index is 1.80. The number of nitrogens with one attached hydrogen (secondary N) is 1. The number of thiophene rings is 1.